The van der Waals surface area contributed by atoms with E-state index < -0.39 is 0 Å². The predicted octanol–water partition coefficient (Wildman–Crippen LogP) is 0.992. The molecule has 0 bridgehead atoms. The Bertz CT molecular complexity index is 782. The summed E-state index contributed by atoms with van der Waals surface area (Å²) in [6.45, 7) is 6.11. The summed E-state index contributed by atoms with van der Waals surface area (Å²) in [5, 5.41) is 0. The maximum atomic E-state index is 14.2. The molecule has 1 aromatic heterocycles. The zero-order valence-electron chi connectivity index (χ0n) is 15.3. The number of ether oxygens (including phenoxy) is 1. The molecule has 4 rings (SSSR count). The summed E-state index contributed by atoms with van der Waals surface area (Å²) >= 11 is 0. The van der Waals surface area contributed by atoms with Crippen LogP contribution in [0.1, 0.15) is 0 Å². The third-order valence-electron chi connectivity index (χ3n) is 5.11. The molecule has 0 radical (unpaired) electrons. The van der Waals surface area contributed by atoms with Crippen molar-refractivity contribution in [2.75, 3.05) is 63.9 Å². The number of imidazole rings is 1. The Labute approximate surface area is 157 Å². The number of amides is 1. The second kappa shape index (κ2) is 8.06. The van der Waals surface area contributed by atoms with E-state index in [1.165, 1.54) is 6.07 Å². The van der Waals surface area contributed by atoms with Gasteiger partial charge in [-0.2, -0.15) is 0 Å². The number of piperazine rings is 1. The van der Waals surface area contributed by atoms with Gasteiger partial charge in [-0.15, -0.1) is 0 Å². The fraction of sp³-hybridized carbons (Fsp3) is 0.474. The van der Waals surface area contributed by atoms with Crippen molar-refractivity contribution >= 4 is 11.9 Å². The Hall–Kier alpha value is -2.45. The smallest absolute Gasteiger partial charge is 0.236 e. The molecule has 2 aliphatic heterocycles. The predicted molar refractivity (Wildman–Crippen MR) is 99.6 cm³/mol. The second-order valence-electron chi connectivity index (χ2n) is 6.81. The van der Waals surface area contributed by atoms with Crippen LogP contribution in [0.3, 0.4) is 0 Å². The van der Waals surface area contributed by atoms with E-state index in [0.717, 1.165) is 32.1 Å². The van der Waals surface area contributed by atoms with Gasteiger partial charge < -0.3 is 14.5 Å². The molecule has 144 valence electrons. The van der Waals surface area contributed by atoms with E-state index in [1.807, 2.05) is 11.0 Å². The summed E-state index contributed by atoms with van der Waals surface area (Å²) in [6, 6.07) is 6.70. The van der Waals surface area contributed by atoms with Crippen molar-refractivity contribution in [3.63, 3.8) is 0 Å². The molecule has 0 aliphatic carbocycles. The highest BCUT2D eigenvalue weighted by molar-refractivity contribution is 5.78. The summed E-state index contributed by atoms with van der Waals surface area (Å²) in [5.41, 5.74) is 0.495. The fourth-order valence-corrected chi connectivity index (χ4v) is 3.57. The van der Waals surface area contributed by atoms with Crippen molar-refractivity contribution in [2.45, 2.75) is 0 Å². The molecule has 3 heterocycles. The van der Waals surface area contributed by atoms with Gasteiger partial charge in [0.2, 0.25) is 11.9 Å². The standard InChI is InChI=1S/C19H24FN5O2/c20-16-3-1-2-4-17(16)25-6-5-21-19(25)24-9-7-22(8-10-24)15-18(26)23-11-13-27-14-12-23/h1-6H,7-15H2. The van der Waals surface area contributed by atoms with Crippen LogP contribution in [-0.4, -0.2) is 84.3 Å². The lowest BCUT2D eigenvalue weighted by molar-refractivity contribution is -0.136. The molecule has 0 unspecified atom stereocenters. The minimum Gasteiger partial charge on any atom is -0.378 e. The number of para-hydroxylation sites is 1. The molecule has 8 heteroatoms. The molecule has 1 amide bonds. The number of nitrogens with zero attached hydrogens (tertiary/aromatic N) is 5. The Morgan fingerprint density at radius 1 is 1.07 bits per heavy atom. The van der Waals surface area contributed by atoms with Crippen LogP contribution in [0, 0.1) is 5.82 Å². The monoisotopic (exact) mass is 373 g/mol. The van der Waals surface area contributed by atoms with Crippen LogP contribution in [0.5, 0.6) is 0 Å². The fourth-order valence-electron chi connectivity index (χ4n) is 3.57. The molecular weight excluding hydrogens is 349 g/mol. The third-order valence-corrected chi connectivity index (χ3v) is 5.11. The summed E-state index contributed by atoms with van der Waals surface area (Å²) in [7, 11) is 0. The number of hydrogen-bond donors (Lipinski definition) is 0. The number of morpholine rings is 1. The van der Waals surface area contributed by atoms with Crippen molar-refractivity contribution in [1.29, 1.82) is 0 Å². The van der Waals surface area contributed by atoms with Gasteiger partial charge in [-0.25, -0.2) is 9.37 Å². The molecule has 0 N–H and O–H groups in total. The number of benzene rings is 1. The number of halogens is 1. The summed E-state index contributed by atoms with van der Waals surface area (Å²) in [6.07, 6.45) is 3.47. The van der Waals surface area contributed by atoms with Gasteiger partial charge in [0.25, 0.3) is 0 Å². The van der Waals surface area contributed by atoms with Crippen molar-refractivity contribution in [3.8, 4) is 5.69 Å². The molecule has 2 fully saturated rings. The Morgan fingerprint density at radius 3 is 2.56 bits per heavy atom. The lowest BCUT2D eigenvalue weighted by atomic mass is 10.3. The minimum atomic E-state index is -0.272. The molecule has 7 nitrogen and oxygen atoms in total. The molecule has 0 atom stereocenters. The van der Waals surface area contributed by atoms with E-state index in [0.29, 0.717) is 38.5 Å². The first-order valence-corrected chi connectivity index (χ1v) is 9.33. The van der Waals surface area contributed by atoms with Crippen LogP contribution in [0.25, 0.3) is 5.69 Å². The van der Waals surface area contributed by atoms with E-state index >= 15 is 0 Å². The Balaban J connectivity index is 1.37. The highest BCUT2D eigenvalue weighted by atomic mass is 19.1. The number of carbonyl (C=O) groups is 1. The van der Waals surface area contributed by atoms with Crippen LogP contribution in [0.2, 0.25) is 0 Å². The molecule has 27 heavy (non-hydrogen) atoms. The molecule has 2 aromatic rings. The average Bonchev–Trinajstić information content (AvgIpc) is 3.19. The molecule has 2 aliphatic rings. The summed E-state index contributed by atoms with van der Waals surface area (Å²) in [5.74, 6) is 0.630. The minimum absolute atomic E-state index is 0.166. The topological polar surface area (TPSA) is 53.8 Å². The number of aromatic nitrogens is 2. The van der Waals surface area contributed by atoms with Gasteiger partial charge in [0.05, 0.1) is 25.4 Å². The number of hydrogen-bond acceptors (Lipinski definition) is 5. The quantitative estimate of drug-likeness (QED) is 0.800. The van der Waals surface area contributed by atoms with Crippen LogP contribution in [0.4, 0.5) is 10.3 Å². The highest BCUT2D eigenvalue weighted by Crippen LogP contribution is 2.21. The maximum absolute atomic E-state index is 14.2. The third kappa shape index (κ3) is 3.96. The first kappa shape index (κ1) is 17.9. The molecule has 1 aromatic carbocycles. The van der Waals surface area contributed by atoms with E-state index in [2.05, 4.69) is 14.8 Å². The van der Waals surface area contributed by atoms with E-state index in [9.17, 15) is 9.18 Å². The van der Waals surface area contributed by atoms with Gasteiger partial charge in [0, 0.05) is 51.7 Å². The maximum Gasteiger partial charge on any atom is 0.236 e. The van der Waals surface area contributed by atoms with Crippen LogP contribution in [-0.2, 0) is 9.53 Å². The SMILES string of the molecule is O=C(CN1CCN(c2nccn2-c2ccccc2F)CC1)N1CCOCC1. The molecule has 0 saturated carbocycles. The zero-order chi connectivity index (χ0) is 18.6. The van der Waals surface area contributed by atoms with Gasteiger partial charge >= 0.3 is 0 Å². The number of rotatable bonds is 4. The largest absolute Gasteiger partial charge is 0.378 e. The van der Waals surface area contributed by atoms with E-state index in [1.54, 1.807) is 29.1 Å². The van der Waals surface area contributed by atoms with Crippen molar-refractivity contribution < 1.29 is 13.9 Å². The van der Waals surface area contributed by atoms with E-state index in [-0.39, 0.29) is 11.7 Å². The second-order valence-corrected chi connectivity index (χ2v) is 6.81. The van der Waals surface area contributed by atoms with Gasteiger partial charge in [0.15, 0.2) is 0 Å². The van der Waals surface area contributed by atoms with Gasteiger partial charge in [-0.1, -0.05) is 12.1 Å². The average molecular weight is 373 g/mol. The summed E-state index contributed by atoms with van der Waals surface area (Å²) < 4.78 is 21.2. The van der Waals surface area contributed by atoms with Crippen molar-refractivity contribution in [3.05, 3.63) is 42.5 Å². The number of carbonyl (C=O) groups excluding carboxylic acids is 1. The Kier molecular flexibility index (Phi) is 5.35. The van der Waals surface area contributed by atoms with Gasteiger partial charge in [0.1, 0.15) is 5.82 Å². The van der Waals surface area contributed by atoms with Gasteiger partial charge in [-0.3, -0.25) is 14.3 Å². The Morgan fingerprint density at radius 2 is 1.81 bits per heavy atom. The normalized spacial score (nSPS) is 18.7. The zero-order valence-corrected chi connectivity index (χ0v) is 15.3. The van der Waals surface area contributed by atoms with Crippen LogP contribution in [0.15, 0.2) is 36.7 Å². The first-order valence-electron chi connectivity index (χ1n) is 9.33. The van der Waals surface area contributed by atoms with Crippen molar-refractivity contribution in [2.24, 2.45) is 0 Å². The first-order chi connectivity index (χ1) is 13.2. The lowest BCUT2D eigenvalue weighted by Gasteiger charge is -2.36. The molecule has 2 saturated heterocycles. The number of anilines is 1. The molecule has 0 spiro atoms. The van der Waals surface area contributed by atoms with Gasteiger partial charge in [-0.05, 0) is 12.1 Å². The lowest BCUT2D eigenvalue weighted by Crippen LogP contribution is -2.52. The van der Waals surface area contributed by atoms with E-state index in [4.69, 9.17) is 4.74 Å². The molecular formula is C19H24FN5O2. The van der Waals surface area contributed by atoms with Crippen molar-refractivity contribution in [1.82, 2.24) is 19.4 Å². The summed E-state index contributed by atoms with van der Waals surface area (Å²) in [4.78, 5) is 23.0. The highest BCUT2D eigenvalue weighted by Gasteiger charge is 2.25. The van der Waals surface area contributed by atoms with Crippen LogP contribution >= 0.6 is 0 Å². The van der Waals surface area contributed by atoms with Crippen LogP contribution < -0.4 is 4.90 Å².